The Morgan fingerprint density at radius 3 is 2.53 bits per heavy atom. The van der Waals surface area contributed by atoms with Crippen molar-refractivity contribution in [3.8, 4) is 12.3 Å². The second kappa shape index (κ2) is 5.02. The van der Waals surface area contributed by atoms with E-state index in [1.807, 2.05) is 30.3 Å². The third-order valence-electron chi connectivity index (χ3n) is 3.07. The van der Waals surface area contributed by atoms with Crippen LogP contribution in [0.5, 0.6) is 0 Å². The van der Waals surface area contributed by atoms with Gasteiger partial charge in [0.05, 0.1) is 13.1 Å². The molecule has 1 aliphatic heterocycles. The normalized spacial score (nSPS) is 16.1. The van der Waals surface area contributed by atoms with E-state index < -0.39 is 17.5 Å². The van der Waals surface area contributed by atoms with Crippen LogP contribution in [0.15, 0.2) is 30.3 Å². The van der Waals surface area contributed by atoms with E-state index in [4.69, 9.17) is 16.3 Å². The predicted molar refractivity (Wildman–Crippen MR) is 67.1 cm³/mol. The standard InChI is InChI=1S/C14H13NO4/c1-2-14(12(16)17)9-15(10-14)13(18)19-8-11-6-4-3-5-7-11/h1,3-7H,8-10H2,(H,16,17). The number of hydrogen-bond donors (Lipinski definition) is 1. The number of benzene rings is 1. The van der Waals surface area contributed by atoms with Gasteiger partial charge in [0.15, 0.2) is 5.41 Å². The van der Waals surface area contributed by atoms with Gasteiger partial charge in [-0.05, 0) is 5.56 Å². The number of ether oxygens (including phenoxy) is 1. The molecule has 0 aromatic heterocycles. The maximum absolute atomic E-state index is 11.7. The Morgan fingerprint density at radius 1 is 1.37 bits per heavy atom. The molecule has 1 heterocycles. The quantitative estimate of drug-likeness (QED) is 0.832. The summed E-state index contributed by atoms with van der Waals surface area (Å²) in [5, 5.41) is 8.97. The highest BCUT2D eigenvalue weighted by atomic mass is 16.6. The Morgan fingerprint density at radius 2 is 2.00 bits per heavy atom. The molecule has 1 aromatic carbocycles. The van der Waals surface area contributed by atoms with Crippen molar-refractivity contribution in [3.63, 3.8) is 0 Å². The first-order valence-electron chi connectivity index (χ1n) is 5.74. The minimum absolute atomic E-state index is 0.00748. The van der Waals surface area contributed by atoms with Crippen molar-refractivity contribution in [3.05, 3.63) is 35.9 Å². The number of carbonyl (C=O) groups is 2. The highest BCUT2D eigenvalue weighted by Gasteiger charge is 2.51. The van der Waals surface area contributed by atoms with Crippen LogP contribution in [0.3, 0.4) is 0 Å². The lowest BCUT2D eigenvalue weighted by atomic mass is 9.81. The van der Waals surface area contributed by atoms with E-state index in [-0.39, 0.29) is 19.7 Å². The molecular formula is C14H13NO4. The topological polar surface area (TPSA) is 66.8 Å². The van der Waals surface area contributed by atoms with Crippen LogP contribution in [0.2, 0.25) is 0 Å². The molecule has 0 unspecified atom stereocenters. The maximum atomic E-state index is 11.7. The molecule has 5 nitrogen and oxygen atoms in total. The van der Waals surface area contributed by atoms with Crippen LogP contribution in [-0.2, 0) is 16.1 Å². The molecule has 0 spiro atoms. The second-order valence-corrected chi connectivity index (χ2v) is 4.43. The molecule has 1 aliphatic rings. The van der Waals surface area contributed by atoms with E-state index in [9.17, 15) is 9.59 Å². The Kier molecular flexibility index (Phi) is 3.43. The average Bonchev–Trinajstić information content (AvgIpc) is 2.36. The van der Waals surface area contributed by atoms with E-state index in [1.165, 1.54) is 4.90 Å². The molecule has 0 radical (unpaired) electrons. The summed E-state index contributed by atoms with van der Waals surface area (Å²) in [6, 6.07) is 9.24. The van der Waals surface area contributed by atoms with E-state index >= 15 is 0 Å². The second-order valence-electron chi connectivity index (χ2n) is 4.43. The molecule has 0 bridgehead atoms. The zero-order valence-electron chi connectivity index (χ0n) is 10.2. The number of amides is 1. The highest BCUT2D eigenvalue weighted by Crippen LogP contribution is 2.30. The smallest absolute Gasteiger partial charge is 0.410 e. The molecule has 1 aromatic rings. The average molecular weight is 259 g/mol. The van der Waals surface area contributed by atoms with E-state index in [0.29, 0.717) is 0 Å². The number of rotatable bonds is 3. The third kappa shape index (κ3) is 2.52. The van der Waals surface area contributed by atoms with Gasteiger partial charge < -0.3 is 14.7 Å². The van der Waals surface area contributed by atoms with Gasteiger partial charge in [0.25, 0.3) is 0 Å². The van der Waals surface area contributed by atoms with Gasteiger partial charge in [0.2, 0.25) is 0 Å². The maximum Gasteiger partial charge on any atom is 0.410 e. The van der Waals surface area contributed by atoms with E-state index in [0.717, 1.165) is 5.56 Å². The lowest BCUT2D eigenvalue weighted by Crippen LogP contribution is -2.61. The summed E-state index contributed by atoms with van der Waals surface area (Å²) in [6.07, 6.45) is 4.64. The van der Waals surface area contributed by atoms with Crippen LogP contribution in [0.1, 0.15) is 5.56 Å². The Bertz CT molecular complexity index is 526. The molecule has 19 heavy (non-hydrogen) atoms. The number of carbonyl (C=O) groups excluding carboxylic acids is 1. The lowest BCUT2D eigenvalue weighted by Gasteiger charge is -2.42. The molecule has 1 saturated heterocycles. The van der Waals surface area contributed by atoms with Crippen molar-refractivity contribution in [1.29, 1.82) is 0 Å². The Balaban J connectivity index is 1.84. The zero-order chi connectivity index (χ0) is 13.9. The fourth-order valence-electron chi connectivity index (χ4n) is 1.83. The first kappa shape index (κ1) is 13.0. The van der Waals surface area contributed by atoms with Crippen LogP contribution < -0.4 is 0 Å². The van der Waals surface area contributed by atoms with Crippen molar-refractivity contribution in [2.45, 2.75) is 6.61 Å². The molecule has 98 valence electrons. The van der Waals surface area contributed by atoms with Crippen molar-refractivity contribution in [2.24, 2.45) is 5.41 Å². The number of nitrogens with zero attached hydrogens (tertiary/aromatic N) is 1. The largest absolute Gasteiger partial charge is 0.480 e. The first-order valence-corrected chi connectivity index (χ1v) is 5.74. The van der Waals surface area contributed by atoms with Crippen LogP contribution in [-0.4, -0.2) is 35.2 Å². The zero-order valence-corrected chi connectivity index (χ0v) is 10.2. The number of carboxylic acids is 1. The molecule has 2 rings (SSSR count). The van der Waals surface area contributed by atoms with Gasteiger partial charge in [0, 0.05) is 0 Å². The summed E-state index contributed by atoms with van der Waals surface area (Å²) < 4.78 is 5.08. The van der Waals surface area contributed by atoms with Crippen molar-refractivity contribution < 1.29 is 19.4 Å². The summed E-state index contributed by atoms with van der Waals surface area (Å²) in [7, 11) is 0. The molecule has 0 aliphatic carbocycles. The Hall–Kier alpha value is -2.48. The molecule has 0 saturated carbocycles. The van der Waals surface area contributed by atoms with E-state index in [2.05, 4.69) is 5.92 Å². The number of hydrogen-bond acceptors (Lipinski definition) is 3. The minimum Gasteiger partial charge on any atom is -0.480 e. The van der Waals surface area contributed by atoms with Crippen molar-refractivity contribution in [2.75, 3.05) is 13.1 Å². The SMILES string of the molecule is C#CC1(C(=O)O)CN(C(=O)OCc2ccccc2)C1. The van der Waals surface area contributed by atoms with Crippen molar-refractivity contribution >= 4 is 12.1 Å². The number of aliphatic carboxylic acids is 1. The fraction of sp³-hybridized carbons (Fsp3) is 0.286. The minimum atomic E-state index is -1.26. The molecule has 1 amide bonds. The third-order valence-corrected chi connectivity index (χ3v) is 3.07. The summed E-state index contributed by atoms with van der Waals surface area (Å²) >= 11 is 0. The Labute approximate surface area is 110 Å². The van der Waals surface area contributed by atoms with Crippen LogP contribution in [0.25, 0.3) is 0 Å². The molecule has 5 heteroatoms. The van der Waals surface area contributed by atoms with Gasteiger partial charge in [-0.25, -0.2) is 4.79 Å². The lowest BCUT2D eigenvalue weighted by molar-refractivity contribution is -0.152. The monoisotopic (exact) mass is 259 g/mol. The first-order chi connectivity index (χ1) is 9.07. The van der Waals surface area contributed by atoms with E-state index in [1.54, 1.807) is 0 Å². The predicted octanol–water partition coefficient (Wildman–Crippen LogP) is 1.34. The van der Waals surface area contributed by atoms with Gasteiger partial charge in [-0.1, -0.05) is 36.3 Å². The summed E-state index contributed by atoms with van der Waals surface area (Å²) in [6.45, 7) is 0.144. The summed E-state index contributed by atoms with van der Waals surface area (Å²) in [5.74, 6) is 1.14. The highest BCUT2D eigenvalue weighted by molar-refractivity contribution is 5.83. The number of carboxylic acid groups (broad SMARTS) is 1. The molecule has 0 atom stereocenters. The van der Waals surface area contributed by atoms with Gasteiger partial charge in [0.1, 0.15) is 6.61 Å². The van der Waals surface area contributed by atoms with Crippen LogP contribution >= 0.6 is 0 Å². The van der Waals surface area contributed by atoms with Crippen LogP contribution in [0.4, 0.5) is 4.79 Å². The van der Waals surface area contributed by atoms with Crippen LogP contribution in [0, 0.1) is 17.8 Å². The van der Waals surface area contributed by atoms with Gasteiger partial charge in [-0.2, -0.15) is 0 Å². The summed E-state index contributed by atoms with van der Waals surface area (Å²) in [4.78, 5) is 23.9. The molecular weight excluding hydrogens is 246 g/mol. The number of likely N-dealkylation sites (tertiary alicyclic amines) is 1. The van der Waals surface area contributed by atoms with Gasteiger partial charge >= 0.3 is 12.1 Å². The fourth-order valence-corrected chi connectivity index (χ4v) is 1.83. The molecule has 1 N–H and O–H groups in total. The van der Waals surface area contributed by atoms with Gasteiger partial charge in [-0.15, -0.1) is 6.42 Å². The van der Waals surface area contributed by atoms with Crippen molar-refractivity contribution in [1.82, 2.24) is 4.90 Å². The number of terminal acetylenes is 1. The van der Waals surface area contributed by atoms with Gasteiger partial charge in [-0.3, -0.25) is 4.79 Å². The summed E-state index contributed by atoms with van der Waals surface area (Å²) in [5.41, 5.74) is -0.385. The molecule has 1 fully saturated rings.